The number of halogens is 2. The first-order valence-electron chi connectivity index (χ1n) is 5.27. The van der Waals surface area contributed by atoms with Crippen molar-refractivity contribution in [1.82, 2.24) is 4.98 Å². The van der Waals surface area contributed by atoms with Gasteiger partial charge in [-0.1, -0.05) is 0 Å². The molecule has 1 aromatic heterocycles. The molecular weight excluding hydrogens is 256 g/mol. The van der Waals surface area contributed by atoms with E-state index in [1.54, 1.807) is 0 Å². The second-order valence-electron chi connectivity index (χ2n) is 3.56. The Labute approximate surface area is 107 Å². The quantitative estimate of drug-likeness (QED) is 0.800. The Morgan fingerprint density at radius 3 is 2.47 bits per heavy atom. The van der Waals surface area contributed by atoms with Crippen LogP contribution in [0.15, 0.2) is 36.5 Å². The van der Waals surface area contributed by atoms with Gasteiger partial charge in [-0.25, -0.2) is 18.6 Å². The molecule has 98 valence electrons. The molecule has 1 heterocycles. The van der Waals surface area contributed by atoms with Crippen molar-refractivity contribution in [2.75, 3.05) is 7.11 Å². The molecule has 0 unspecified atom stereocenters. The van der Waals surface area contributed by atoms with Crippen molar-refractivity contribution >= 4 is 5.97 Å². The van der Waals surface area contributed by atoms with Gasteiger partial charge in [0.15, 0.2) is 5.82 Å². The second-order valence-corrected chi connectivity index (χ2v) is 3.56. The van der Waals surface area contributed by atoms with E-state index in [0.717, 1.165) is 6.20 Å². The summed E-state index contributed by atoms with van der Waals surface area (Å²) in [4.78, 5) is 14.7. The monoisotopic (exact) mass is 265 g/mol. The second kappa shape index (κ2) is 5.43. The van der Waals surface area contributed by atoms with Gasteiger partial charge in [-0.05, 0) is 24.3 Å². The maximum atomic E-state index is 13.3. The first kappa shape index (κ1) is 12.9. The number of carbonyl (C=O) groups is 1. The molecule has 0 N–H and O–H groups in total. The van der Waals surface area contributed by atoms with Gasteiger partial charge in [-0.2, -0.15) is 0 Å². The molecule has 0 aliphatic heterocycles. The smallest absolute Gasteiger partial charge is 0.337 e. The number of benzene rings is 1. The number of methoxy groups -OCH3 is 1. The van der Waals surface area contributed by atoms with Crippen LogP contribution in [0.1, 0.15) is 10.4 Å². The predicted molar refractivity (Wildman–Crippen MR) is 62.0 cm³/mol. The molecule has 0 amide bonds. The summed E-state index contributed by atoms with van der Waals surface area (Å²) in [5.74, 6) is -2.25. The number of pyridine rings is 1. The minimum absolute atomic E-state index is 0.269. The van der Waals surface area contributed by atoms with Gasteiger partial charge < -0.3 is 9.47 Å². The Morgan fingerprint density at radius 1 is 1.21 bits per heavy atom. The lowest BCUT2D eigenvalue weighted by atomic mass is 10.2. The van der Waals surface area contributed by atoms with Crippen LogP contribution in [0.5, 0.6) is 11.6 Å². The van der Waals surface area contributed by atoms with E-state index in [1.807, 2.05) is 0 Å². The molecule has 19 heavy (non-hydrogen) atoms. The van der Waals surface area contributed by atoms with Gasteiger partial charge in [-0.3, -0.25) is 0 Å². The van der Waals surface area contributed by atoms with Crippen LogP contribution in [0, 0.1) is 11.6 Å². The minimum atomic E-state index is -0.906. The predicted octanol–water partition coefficient (Wildman–Crippen LogP) is 2.94. The van der Waals surface area contributed by atoms with Crippen molar-refractivity contribution in [2.24, 2.45) is 0 Å². The molecule has 1 aromatic carbocycles. The van der Waals surface area contributed by atoms with Gasteiger partial charge in [-0.15, -0.1) is 0 Å². The molecule has 0 aliphatic carbocycles. The van der Waals surface area contributed by atoms with E-state index < -0.39 is 17.6 Å². The lowest BCUT2D eigenvalue weighted by Gasteiger charge is -2.06. The van der Waals surface area contributed by atoms with Gasteiger partial charge in [0.1, 0.15) is 11.6 Å². The van der Waals surface area contributed by atoms with E-state index in [0.29, 0.717) is 11.6 Å². The molecule has 0 radical (unpaired) electrons. The largest absolute Gasteiger partial charge is 0.465 e. The number of aromatic nitrogens is 1. The number of esters is 1. The Hall–Kier alpha value is -2.50. The zero-order valence-electron chi connectivity index (χ0n) is 9.89. The van der Waals surface area contributed by atoms with Crippen molar-refractivity contribution < 1.29 is 23.0 Å². The molecule has 0 aliphatic rings. The number of ether oxygens (including phenoxy) is 2. The van der Waals surface area contributed by atoms with E-state index in [4.69, 9.17) is 4.74 Å². The maximum absolute atomic E-state index is 13.3. The number of nitrogens with zero attached hydrogens (tertiary/aromatic N) is 1. The molecule has 2 aromatic rings. The lowest BCUT2D eigenvalue weighted by Crippen LogP contribution is -2.00. The fraction of sp³-hybridized carbons (Fsp3) is 0.0769. The molecule has 2 rings (SSSR count). The Balaban J connectivity index is 2.17. The maximum Gasteiger partial charge on any atom is 0.337 e. The molecule has 0 bridgehead atoms. The van der Waals surface area contributed by atoms with Crippen LogP contribution in [-0.4, -0.2) is 18.1 Å². The van der Waals surface area contributed by atoms with Gasteiger partial charge in [0.05, 0.1) is 18.9 Å². The van der Waals surface area contributed by atoms with Crippen molar-refractivity contribution in [1.29, 1.82) is 0 Å². The van der Waals surface area contributed by atoms with Crippen molar-refractivity contribution in [2.45, 2.75) is 0 Å². The van der Waals surface area contributed by atoms with Crippen molar-refractivity contribution in [3.05, 3.63) is 53.7 Å². The average molecular weight is 265 g/mol. The van der Waals surface area contributed by atoms with Crippen LogP contribution >= 0.6 is 0 Å². The Bertz CT molecular complexity index is 599. The van der Waals surface area contributed by atoms with Crippen LogP contribution in [0.25, 0.3) is 0 Å². The number of hydrogen-bond acceptors (Lipinski definition) is 4. The fourth-order valence-electron chi connectivity index (χ4n) is 1.37. The number of carbonyl (C=O) groups excluding carboxylic acids is 1. The summed E-state index contributed by atoms with van der Waals surface area (Å²) in [6, 6.07) is 6.50. The third-order valence-electron chi connectivity index (χ3n) is 2.26. The van der Waals surface area contributed by atoms with Gasteiger partial charge in [0.25, 0.3) is 5.88 Å². The van der Waals surface area contributed by atoms with E-state index in [9.17, 15) is 13.6 Å². The molecule has 0 saturated carbocycles. The van der Waals surface area contributed by atoms with E-state index in [-0.39, 0.29) is 11.6 Å². The van der Waals surface area contributed by atoms with Crippen LogP contribution in [0.2, 0.25) is 0 Å². The summed E-state index contributed by atoms with van der Waals surface area (Å²) in [6.07, 6.45) is 0.848. The van der Waals surface area contributed by atoms with Crippen molar-refractivity contribution in [3.8, 4) is 11.6 Å². The number of rotatable bonds is 3. The zero-order chi connectivity index (χ0) is 13.8. The highest BCUT2D eigenvalue weighted by molar-refractivity contribution is 5.89. The standard InChI is InChI=1S/C13H9F2NO3/c1-18-13(17)8-2-4-10(5-3-8)19-12-11(15)6-9(14)7-16-12/h2-7H,1H3. The SMILES string of the molecule is COC(=O)c1ccc(Oc2ncc(F)cc2F)cc1. The van der Waals surface area contributed by atoms with Crippen LogP contribution in [0.4, 0.5) is 8.78 Å². The summed E-state index contributed by atoms with van der Waals surface area (Å²) in [7, 11) is 1.27. The molecule has 0 spiro atoms. The van der Waals surface area contributed by atoms with Gasteiger partial charge >= 0.3 is 5.97 Å². The number of hydrogen-bond donors (Lipinski definition) is 0. The summed E-state index contributed by atoms with van der Waals surface area (Å²) in [5, 5.41) is 0. The normalized spacial score (nSPS) is 10.1. The first-order chi connectivity index (χ1) is 9.10. The summed E-state index contributed by atoms with van der Waals surface area (Å²) < 4.78 is 35.6. The third-order valence-corrected chi connectivity index (χ3v) is 2.26. The molecule has 4 nitrogen and oxygen atoms in total. The highest BCUT2D eigenvalue weighted by Gasteiger charge is 2.09. The highest BCUT2D eigenvalue weighted by atomic mass is 19.1. The molecular formula is C13H9F2NO3. The van der Waals surface area contributed by atoms with Crippen LogP contribution in [-0.2, 0) is 4.74 Å². The van der Waals surface area contributed by atoms with Crippen molar-refractivity contribution in [3.63, 3.8) is 0 Å². The van der Waals surface area contributed by atoms with Gasteiger partial charge in [0, 0.05) is 6.07 Å². The van der Waals surface area contributed by atoms with Gasteiger partial charge in [0.2, 0.25) is 0 Å². The summed E-state index contributed by atoms with van der Waals surface area (Å²) in [5.41, 5.74) is 0.336. The van der Waals surface area contributed by atoms with E-state index in [1.165, 1.54) is 31.4 Å². The third kappa shape index (κ3) is 3.04. The zero-order valence-corrected chi connectivity index (χ0v) is 9.89. The van der Waals surface area contributed by atoms with E-state index in [2.05, 4.69) is 9.72 Å². The fourth-order valence-corrected chi connectivity index (χ4v) is 1.37. The molecule has 0 atom stereocenters. The molecule has 0 fully saturated rings. The Morgan fingerprint density at radius 2 is 1.89 bits per heavy atom. The summed E-state index contributed by atoms with van der Waals surface area (Å²) in [6.45, 7) is 0. The highest BCUT2D eigenvalue weighted by Crippen LogP contribution is 2.22. The van der Waals surface area contributed by atoms with E-state index >= 15 is 0 Å². The minimum Gasteiger partial charge on any atom is -0.465 e. The molecule has 6 heteroatoms. The first-order valence-corrected chi connectivity index (χ1v) is 5.27. The van der Waals surface area contributed by atoms with Crippen LogP contribution < -0.4 is 4.74 Å². The van der Waals surface area contributed by atoms with Crippen LogP contribution in [0.3, 0.4) is 0 Å². The summed E-state index contributed by atoms with van der Waals surface area (Å²) >= 11 is 0. The lowest BCUT2D eigenvalue weighted by molar-refractivity contribution is 0.0600. The topological polar surface area (TPSA) is 48.4 Å². The average Bonchev–Trinajstić information content (AvgIpc) is 2.42. The Kier molecular flexibility index (Phi) is 3.70. The molecule has 0 saturated heterocycles.